The second-order valence-corrected chi connectivity index (χ2v) is 12.4. The Morgan fingerprint density at radius 2 is 1.82 bits per heavy atom. The first-order chi connectivity index (χ1) is 21.1. The zero-order valence-corrected chi connectivity index (χ0v) is 26.7. The number of nitrogens with zero attached hydrogens (tertiary/aromatic N) is 2. The summed E-state index contributed by atoms with van der Waals surface area (Å²) in [5, 5.41) is 0. The Morgan fingerprint density at radius 1 is 1.07 bits per heavy atom. The Labute approximate surface area is 261 Å². The number of benzene rings is 3. The molecule has 2 aliphatic heterocycles. The minimum absolute atomic E-state index is 0.00693. The van der Waals surface area contributed by atoms with E-state index in [9.17, 15) is 4.79 Å². The van der Waals surface area contributed by atoms with Crippen molar-refractivity contribution in [3.05, 3.63) is 88.5 Å². The van der Waals surface area contributed by atoms with Crippen molar-refractivity contribution in [2.45, 2.75) is 58.8 Å². The first-order valence-electron chi connectivity index (χ1n) is 15.3. The van der Waals surface area contributed by atoms with E-state index in [0.717, 1.165) is 59.9 Å². The van der Waals surface area contributed by atoms with Crippen LogP contribution in [0.1, 0.15) is 61.1 Å². The van der Waals surface area contributed by atoms with E-state index in [0.29, 0.717) is 18.9 Å². The van der Waals surface area contributed by atoms with Crippen LogP contribution in [0.25, 0.3) is 6.08 Å². The van der Waals surface area contributed by atoms with Gasteiger partial charge in [-0.05, 0) is 92.6 Å². The van der Waals surface area contributed by atoms with E-state index in [1.165, 1.54) is 11.1 Å². The van der Waals surface area contributed by atoms with Crippen LogP contribution in [0.4, 0.5) is 4.79 Å². The van der Waals surface area contributed by atoms with Crippen LogP contribution in [0.3, 0.4) is 0 Å². The van der Waals surface area contributed by atoms with Crippen LogP contribution < -0.4 is 18.9 Å². The van der Waals surface area contributed by atoms with Gasteiger partial charge in [0.2, 0.25) is 6.79 Å². The fourth-order valence-electron chi connectivity index (χ4n) is 5.57. The van der Waals surface area contributed by atoms with Crippen molar-refractivity contribution in [2.75, 3.05) is 40.6 Å². The van der Waals surface area contributed by atoms with Crippen molar-refractivity contribution >= 4 is 12.2 Å². The number of ether oxygens (including phenoxy) is 5. The first kappa shape index (κ1) is 31.3. The summed E-state index contributed by atoms with van der Waals surface area (Å²) >= 11 is 0. The summed E-state index contributed by atoms with van der Waals surface area (Å²) in [6, 6.07) is 18.5. The molecule has 44 heavy (non-hydrogen) atoms. The molecule has 0 fully saturated rings. The van der Waals surface area contributed by atoms with Crippen LogP contribution in [-0.4, -0.2) is 62.1 Å². The van der Waals surface area contributed by atoms with Gasteiger partial charge < -0.3 is 28.6 Å². The predicted molar refractivity (Wildman–Crippen MR) is 172 cm³/mol. The Bertz CT molecular complexity index is 1480. The fraction of sp³-hybridized carbons (Fsp3) is 0.417. The molecular formula is C36H44N2O6. The van der Waals surface area contributed by atoms with Gasteiger partial charge in [0.15, 0.2) is 23.0 Å². The zero-order valence-electron chi connectivity index (χ0n) is 26.7. The molecule has 1 amide bonds. The van der Waals surface area contributed by atoms with Gasteiger partial charge in [-0.15, -0.1) is 0 Å². The molecule has 2 heterocycles. The summed E-state index contributed by atoms with van der Waals surface area (Å²) in [7, 11) is 3.48. The third-order valence-corrected chi connectivity index (χ3v) is 7.91. The Balaban J connectivity index is 1.38. The summed E-state index contributed by atoms with van der Waals surface area (Å²) in [6.45, 7) is 10.8. The topological polar surface area (TPSA) is 69.7 Å². The van der Waals surface area contributed by atoms with Gasteiger partial charge in [-0.3, -0.25) is 4.90 Å². The average Bonchev–Trinajstić information content (AvgIpc) is 3.45. The monoisotopic (exact) mass is 600 g/mol. The standard InChI is InChI=1S/C36H44N2O6/c1-25-19-32-34(43-24-42-32)20-27(25)13-14-30-29-22-31(40-6)33(41-23-26-11-8-7-9-12-26)21-28(29)15-18-38(30)17-10-16-37(5)35(39)44-36(2,3)4/h7-9,11-14,19-22,30H,10,15-18,23-24H2,1-6H3/b14-13+. The highest BCUT2D eigenvalue weighted by Gasteiger charge is 2.28. The predicted octanol–water partition coefficient (Wildman–Crippen LogP) is 7.18. The van der Waals surface area contributed by atoms with E-state index in [-0.39, 0.29) is 18.9 Å². The minimum atomic E-state index is -0.520. The van der Waals surface area contributed by atoms with Crippen molar-refractivity contribution in [1.29, 1.82) is 0 Å². The lowest BCUT2D eigenvalue weighted by Gasteiger charge is -2.36. The number of fused-ring (bicyclic) bond motifs is 2. The van der Waals surface area contributed by atoms with E-state index in [1.54, 1.807) is 19.1 Å². The largest absolute Gasteiger partial charge is 0.493 e. The number of methoxy groups -OCH3 is 1. The molecule has 0 spiro atoms. The van der Waals surface area contributed by atoms with Crippen LogP contribution >= 0.6 is 0 Å². The highest BCUT2D eigenvalue weighted by molar-refractivity contribution is 5.67. The lowest BCUT2D eigenvalue weighted by Crippen LogP contribution is -2.38. The Hall–Kier alpha value is -4.17. The third kappa shape index (κ3) is 7.66. The molecule has 0 radical (unpaired) electrons. The maximum Gasteiger partial charge on any atom is 0.410 e. The van der Waals surface area contributed by atoms with E-state index in [4.69, 9.17) is 23.7 Å². The lowest BCUT2D eigenvalue weighted by atomic mass is 9.90. The number of rotatable bonds is 10. The zero-order chi connectivity index (χ0) is 31.3. The molecule has 1 unspecified atom stereocenters. The number of carbonyl (C=O) groups is 1. The molecule has 8 heteroatoms. The van der Waals surface area contributed by atoms with Crippen LogP contribution in [0.15, 0.2) is 60.7 Å². The number of amides is 1. The van der Waals surface area contributed by atoms with Crippen molar-refractivity contribution in [3.63, 3.8) is 0 Å². The normalized spacial score (nSPS) is 16.1. The first-order valence-corrected chi connectivity index (χ1v) is 15.3. The highest BCUT2D eigenvalue weighted by atomic mass is 16.7. The summed E-state index contributed by atoms with van der Waals surface area (Å²) in [5.74, 6) is 3.01. The van der Waals surface area contributed by atoms with E-state index >= 15 is 0 Å². The van der Waals surface area contributed by atoms with Gasteiger partial charge in [0.25, 0.3) is 0 Å². The average molecular weight is 601 g/mol. The van der Waals surface area contributed by atoms with Crippen molar-refractivity contribution < 1.29 is 28.5 Å². The molecule has 3 aromatic rings. The second kappa shape index (κ2) is 13.6. The summed E-state index contributed by atoms with van der Waals surface area (Å²) in [4.78, 5) is 16.6. The number of aryl methyl sites for hydroxylation is 1. The maximum absolute atomic E-state index is 12.5. The maximum atomic E-state index is 12.5. The van der Waals surface area contributed by atoms with Gasteiger partial charge in [-0.1, -0.05) is 42.5 Å². The van der Waals surface area contributed by atoms with Crippen molar-refractivity contribution in [2.24, 2.45) is 0 Å². The molecular weight excluding hydrogens is 556 g/mol. The quantitative estimate of drug-likeness (QED) is 0.244. The summed E-state index contributed by atoms with van der Waals surface area (Å²) < 4.78 is 28.8. The minimum Gasteiger partial charge on any atom is -0.493 e. The van der Waals surface area contributed by atoms with Crippen molar-refractivity contribution in [1.82, 2.24) is 9.80 Å². The smallest absolute Gasteiger partial charge is 0.410 e. The van der Waals surface area contributed by atoms with Gasteiger partial charge in [-0.25, -0.2) is 4.79 Å². The molecule has 0 aromatic heterocycles. The van der Waals surface area contributed by atoms with Crippen LogP contribution in [0.2, 0.25) is 0 Å². The third-order valence-electron chi connectivity index (χ3n) is 7.91. The summed E-state index contributed by atoms with van der Waals surface area (Å²) in [5.41, 5.74) is 5.22. The van der Waals surface area contributed by atoms with E-state index in [1.807, 2.05) is 51.1 Å². The molecule has 0 N–H and O–H groups in total. The SMILES string of the molecule is COc1cc2c(cc1OCc1ccccc1)CCN(CCCN(C)C(=O)OC(C)(C)C)C2/C=C/c1cc2c(cc1C)OCO2. The van der Waals surface area contributed by atoms with Crippen LogP contribution in [0, 0.1) is 6.92 Å². The van der Waals surface area contributed by atoms with Gasteiger partial charge in [0.05, 0.1) is 13.2 Å². The van der Waals surface area contributed by atoms with Gasteiger partial charge >= 0.3 is 6.09 Å². The molecule has 0 saturated heterocycles. The molecule has 3 aromatic carbocycles. The molecule has 5 rings (SSSR count). The van der Waals surface area contributed by atoms with E-state index < -0.39 is 5.60 Å². The summed E-state index contributed by atoms with van der Waals surface area (Å²) in [6.07, 6.45) is 5.82. The molecule has 234 valence electrons. The van der Waals surface area contributed by atoms with Crippen molar-refractivity contribution in [3.8, 4) is 23.0 Å². The molecule has 1 atom stereocenters. The number of hydrogen-bond acceptors (Lipinski definition) is 7. The highest BCUT2D eigenvalue weighted by Crippen LogP contribution is 2.40. The molecule has 0 bridgehead atoms. The van der Waals surface area contributed by atoms with E-state index in [2.05, 4.69) is 48.2 Å². The molecule has 8 nitrogen and oxygen atoms in total. The van der Waals surface area contributed by atoms with Crippen LogP contribution in [0.5, 0.6) is 23.0 Å². The molecule has 2 aliphatic rings. The van der Waals surface area contributed by atoms with Gasteiger partial charge in [0, 0.05) is 26.7 Å². The fourth-order valence-corrected chi connectivity index (χ4v) is 5.57. The Morgan fingerprint density at radius 3 is 2.55 bits per heavy atom. The number of carbonyl (C=O) groups excluding carboxylic acids is 1. The van der Waals surface area contributed by atoms with Gasteiger partial charge in [0.1, 0.15) is 12.2 Å². The number of hydrogen-bond donors (Lipinski definition) is 0. The molecule has 0 saturated carbocycles. The Kier molecular flexibility index (Phi) is 9.69. The van der Waals surface area contributed by atoms with Gasteiger partial charge in [-0.2, -0.15) is 0 Å². The second-order valence-electron chi connectivity index (χ2n) is 12.4. The molecule has 0 aliphatic carbocycles. The lowest BCUT2D eigenvalue weighted by molar-refractivity contribution is 0.0291. The van der Waals surface area contributed by atoms with Crippen LogP contribution in [-0.2, 0) is 17.8 Å².